The van der Waals surface area contributed by atoms with E-state index in [-0.39, 0.29) is 23.6 Å². The molecular weight excluding hydrogens is 425 g/mol. The fourth-order valence-corrected chi connectivity index (χ4v) is 4.28. The van der Waals surface area contributed by atoms with Gasteiger partial charge < -0.3 is 19.5 Å². The summed E-state index contributed by atoms with van der Waals surface area (Å²) in [7, 11) is 0. The molecule has 2 aromatic heterocycles. The largest absolute Gasteiger partial charge is 0.459 e. The molecule has 2 aromatic rings. The van der Waals surface area contributed by atoms with Gasteiger partial charge in [0.05, 0.1) is 11.8 Å². The van der Waals surface area contributed by atoms with E-state index in [1.54, 1.807) is 17.0 Å². The first-order valence-corrected chi connectivity index (χ1v) is 10.8. The number of rotatable bonds is 4. The number of carbonyl (C=O) groups is 2. The summed E-state index contributed by atoms with van der Waals surface area (Å²) in [5.74, 6) is 0.265. The number of hydrogen-bond donors (Lipinski definition) is 1. The van der Waals surface area contributed by atoms with E-state index in [4.69, 9.17) is 4.42 Å². The van der Waals surface area contributed by atoms with Gasteiger partial charge in [-0.25, -0.2) is 4.98 Å². The molecule has 10 heteroatoms. The highest BCUT2D eigenvalue weighted by Crippen LogP contribution is 2.30. The molecule has 1 N–H and O–H groups in total. The van der Waals surface area contributed by atoms with E-state index in [2.05, 4.69) is 10.3 Å². The molecule has 0 aliphatic carbocycles. The molecule has 1 unspecified atom stereocenters. The van der Waals surface area contributed by atoms with E-state index in [0.717, 1.165) is 25.1 Å². The predicted octanol–water partition coefficient (Wildman–Crippen LogP) is 3.47. The Hall–Kier alpha value is -3.04. The van der Waals surface area contributed by atoms with Gasteiger partial charge in [0, 0.05) is 31.9 Å². The number of carbonyl (C=O) groups excluding carboxylic acids is 2. The van der Waals surface area contributed by atoms with Gasteiger partial charge in [-0.2, -0.15) is 13.2 Å². The van der Waals surface area contributed by atoms with Crippen molar-refractivity contribution < 1.29 is 27.2 Å². The van der Waals surface area contributed by atoms with Gasteiger partial charge >= 0.3 is 6.18 Å². The van der Waals surface area contributed by atoms with Crippen molar-refractivity contribution in [2.24, 2.45) is 0 Å². The van der Waals surface area contributed by atoms with E-state index < -0.39 is 17.8 Å². The lowest BCUT2D eigenvalue weighted by Gasteiger charge is -2.37. The van der Waals surface area contributed by atoms with E-state index >= 15 is 0 Å². The molecule has 4 heterocycles. The van der Waals surface area contributed by atoms with Crippen LogP contribution in [0, 0.1) is 0 Å². The van der Waals surface area contributed by atoms with Crippen LogP contribution in [0.15, 0.2) is 41.1 Å². The Morgan fingerprint density at radius 3 is 2.47 bits per heavy atom. The third-order valence-corrected chi connectivity index (χ3v) is 6.04. The smallest absolute Gasteiger partial charge is 0.417 e. The molecule has 2 fully saturated rings. The number of likely N-dealkylation sites (tertiary alicyclic amines) is 1. The van der Waals surface area contributed by atoms with E-state index in [9.17, 15) is 22.8 Å². The van der Waals surface area contributed by atoms with Gasteiger partial charge in [0.15, 0.2) is 5.76 Å². The Morgan fingerprint density at radius 2 is 1.84 bits per heavy atom. The lowest BCUT2D eigenvalue weighted by atomic mass is 9.99. The van der Waals surface area contributed by atoms with Crippen LogP contribution in [0.4, 0.5) is 19.0 Å². The second-order valence-corrected chi connectivity index (χ2v) is 8.16. The molecule has 0 radical (unpaired) electrons. The molecule has 0 saturated carbocycles. The second kappa shape index (κ2) is 9.22. The fourth-order valence-electron chi connectivity index (χ4n) is 4.28. The number of pyridine rings is 1. The van der Waals surface area contributed by atoms with Crippen molar-refractivity contribution in [3.63, 3.8) is 0 Å². The minimum atomic E-state index is -4.41. The SMILES string of the molecule is O=C(NC1CCN(c2ccc(C(F)(F)F)cn2)CC1)C1CCCCN1C(=O)c1ccco1. The number of alkyl halides is 3. The summed E-state index contributed by atoms with van der Waals surface area (Å²) >= 11 is 0. The van der Waals surface area contributed by atoms with Crippen LogP contribution in [-0.4, -0.2) is 53.4 Å². The first-order valence-electron chi connectivity index (χ1n) is 10.8. The molecule has 2 saturated heterocycles. The molecule has 1 atom stereocenters. The van der Waals surface area contributed by atoms with E-state index in [1.165, 1.54) is 12.3 Å². The Balaban J connectivity index is 1.32. The quantitative estimate of drug-likeness (QED) is 0.772. The van der Waals surface area contributed by atoms with Crippen LogP contribution >= 0.6 is 0 Å². The predicted molar refractivity (Wildman–Crippen MR) is 110 cm³/mol. The third-order valence-electron chi connectivity index (χ3n) is 6.04. The Bertz CT molecular complexity index is 923. The second-order valence-electron chi connectivity index (χ2n) is 8.16. The molecule has 2 amide bonds. The Morgan fingerprint density at radius 1 is 1.06 bits per heavy atom. The molecule has 32 heavy (non-hydrogen) atoms. The van der Waals surface area contributed by atoms with Crippen LogP contribution in [-0.2, 0) is 11.0 Å². The van der Waals surface area contributed by atoms with Gasteiger partial charge in [-0.3, -0.25) is 9.59 Å². The van der Waals surface area contributed by atoms with Crippen molar-refractivity contribution >= 4 is 17.6 Å². The van der Waals surface area contributed by atoms with Gasteiger partial charge in [-0.1, -0.05) is 0 Å². The van der Waals surface area contributed by atoms with Gasteiger partial charge in [0.2, 0.25) is 5.91 Å². The van der Waals surface area contributed by atoms with Crippen molar-refractivity contribution in [2.75, 3.05) is 24.5 Å². The number of anilines is 1. The third kappa shape index (κ3) is 4.89. The molecule has 0 bridgehead atoms. The van der Waals surface area contributed by atoms with Crippen LogP contribution in [0.2, 0.25) is 0 Å². The summed E-state index contributed by atoms with van der Waals surface area (Å²) in [5.41, 5.74) is -0.774. The highest BCUT2D eigenvalue weighted by atomic mass is 19.4. The minimum Gasteiger partial charge on any atom is -0.459 e. The van der Waals surface area contributed by atoms with Crippen molar-refractivity contribution in [1.29, 1.82) is 0 Å². The van der Waals surface area contributed by atoms with Crippen molar-refractivity contribution in [2.45, 2.75) is 50.4 Å². The normalized spacial score (nSPS) is 20.3. The van der Waals surface area contributed by atoms with Gasteiger partial charge in [-0.05, 0) is 56.4 Å². The number of nitrogens with one attached hydrogen (secondary N) is 1. The van der Waals surface area contributed by atoms with Crippen molar-refractivity contribution in [3.05, 3.63) is 48.0 Å². The summed E-state index contributed by atoms with van der Waals surface area (Å²) in [4.78, 5) is 33.1. The van der Waals surface area contributed by atoms with Gasteiger partial charge in [0.1, 0.15) is 11.9 Å². The topological polar surface area (TPSA) is 78.7 Å². The molecule has 4 rings (SSSR count). The first kappa shape index (κ1) is 22.2. The average molecular weight is 450 g/mol. The number of hydrogen-bond acceptors (Lipinski definition) is 5. The summed E-state index contributed by atoms with van der Waals surface area (Å²) in [5, 5.41) is 3.06. The molecule has 2 aliphatic rings. The maximum Gasteiger partial charge on any atom is 0.417 e. The lowest BCUT2D eigenvalue weighted by molar-refractivity contribution is -0.137. The van der Waals surface area contributed by atoms with E-state index in [0.29, 0.717) is 44.7 Å². The summed E-state index contributed by atoms with van der Waals surface area (Å²) in [6, 6.07) is 5.06. The average Bonchev–Trinajstić information content (AvgIpc) is 3.34. The van der Waals surface area contributed by atoms with Gasteiger partial charge in [0.25, 0.3) is 5.91 Å². The standard InChI is InChI=1S/C22H25F3N4O3/c23-22(24,25)15-6-7-19(26-14-15)28-11-8-16(9-12-28)27-20(30)17-4-1-2-10-29(17)21(31)18-5-3-13-32-18/h3,5-7,13-14,16-17H,1-2,4,8-12H2,(H,27,30). The van der Waals surface area contributed by atoms with E-state index in [1.807, 2.05) is 4.90 Å². The van der Waals surface area contributed by atoms with Crippen molar-refractivity contribution in [1.82, 2.24) is 15.2 Å². The molecule has 172 valence electrons. The summed E-state index contributed by atoms with van der Waals surface area (Å²) in [6.45, 7) is 1.65. The maximum atomic E-state index is 13.0. The zero-order valence-electron chi connectivity index (χ0n) is 17.5. The molecule has 0 spiro atoms. The summed E-state index contributed by atoms with van der Waals surface area (Å²) < 4.78 is 43.4. The maximum absolute atomic E-state index is 13.0. The zero-order chi connectivity index (χ0) is 22.7. The molecular formula is C22H25F3N4O3. The molecule has 7 nitrogen and oxygen atoms in total. The minimum absolute atomic E-state index is 0.0595. The van der Waals surface area contributed by atoms with Crippen molar-refractivity contribution in [3.8, 4) is 0 Å². The summed E-state index contributed by atoms with van der Waals surface area (Å²) in [6.07, 6.45) is 1.48. The fraction of sp³-hybridized carbons (Fsp3) is 0.500. The number of halogens is 3. The highest BCUT2D eigenvalue weighted by Gasteiger charge is 2.35. The monoisotopic (exact) mass is 450 g/mol. The lowest BCUT2D eigenvalue weighted by Crippen LogP contribution is -2.55. The number of furan rings is 1. The van der Waals surface area contributed by atoms with Crippen LogP contribution in [0.25, 0.3) is 0 Å². The van der Waals surface area contributed by atoms with Crippen LogP contribution in [0.1, 0.15) is 48.2 Å². The number of piperidine rings is 2. The highest BCUT2D eigenvalue weighted by molar-refractivity contribution is 5.95. The van der Waals surface area contributed by atoms with Crippen LogP contribution in [0.5, 0.6) is 0 Å². The molecule has 2 aliphatic heterocycles. The van der Waals surface area contributed by atoms with Crippen LogP contribution in [0.3, 0.4) is 0 Å². The number of nitrogens with zero attached hydrogens (tertiary/aromatic N) is 3. The van der Waals surface area contributed by atoms with Crippen LogP contribution < -0.4 is 10.2 Å². The Kier molecular flexibility index (Phi) is 6.38. The first-order chi connectivity index (χ1) is 15.3. The number of aromatic nitrogens is 1. The molecule has 0 aromatic carbocycles. The number of amides is 2. The zero-order valence-corrected chi connectivity index (χ0v) is 17.5. The van der Waals surface area contributed by atoms with Gasteiger partial charge in [-0.15, -0.1) is 0 Å². The Labute approximate surface area is 183 Å².